The number of hydrogen-bond acceptors (Lipinski definition) is 5. The van der Waals surface area contributed by atoms with Crippen LogP contribution < -0.4 is 11.1 Å². The summed E-state index contributed by atoms with van der Waals surface area (Å²) in [6.45, 7) is 11.8. The van der Waals surface area contributed by atoms with E-state index in [2.05, 4.69) is 12.2 Å². The van der Waals surface area contributed by atoms with Crippen LogP contribution in [0.4, 0.5) is 0 Å². The molecule has 0 aromatic rings. The molecule has 0 saturated heterocycles. The Morgan fingerprint density at radius 3 is 1.81 bits per heavy atom. The average Bonchev–Trinajstić information content (AvgIpc) is 2.47. The molecule has 0 rings (SSSR count). The van der Waals surface area contributed by atoms with Crippen LogP contribution in [-0.2, 0) is 13.3 Å². The number of hydrogen-bond donors (Lipinski definition) is 2. The van der Waals surface area contributed by atoms with Gasteiger partial charge in [0.1, 0.15) is 0 Å². The number of nitrogens with one attached hydrogen (secondary N) is 1. The smallest absolute Gasteiger partial charge is 0.373 e. The molecule has 1 atom stereocenters. The van der Waals surface area contributed by atoms with Crippen LogP contribution in [0.3, 0.4) is 0 Å². The summed E-state index contributed by atoms with van der Waals surface area (Å²) in [4.78, 5) is 0. The topological polar surface area (TPSA) is 65.7 Å². The van der Waals surface area contributed by atoms with E-state index in [4.69, 9.17) is 19.0 Å². The van der Waals surface area contributed by atoms with E-state index < -0.39 is 8.80 Å². The third kappa shape index (κ3) is 8.28. The van der Waals surface area contributed by atoms with Crippen LogP contribution >= 0.6 is 0 Å². The predicted octanol–water partition coefficient (Wildman–Crippen LogP) is 2.46. The Labute approximate surface area is 132 Å². The highest BCUT2D eigenvalue weighted by Crippen LogP contribution is 2.18. The molecule has 3 N–H and O–H groups in total. The van der Waals surface area contributed by atoms with Crippen molar-refractivity contribution in [2.24, 2.45) is 5.73 Å². The molecule has 5 nitrogen and oxygen atoms in total. The highest BCUT2D eigenvalue weighted by Gasteiger charge is 2.48. The van der Waals surface area contributed by atoms with Crippen LogP contribution in [0.2, 0.25) is 0 Å². The Morgan fingerprint density at radius 2 is 1.38 bits per heavy atom. The van der Waals surface area contributed by atoms with Gasteiger partial charge in [0.25, 0.3) is 0 Å². The molecule has 0 aliphatic rings. The third-order valence-corrected chi connectivity index (χ3v) is 6.93. The van der Waals surface area contributed by atoms with Crippen LogP contribution in [0.25, 0.3) is 0 Å². The minimum atomic E-state index is -2.63. The first-order valence-electron chi connectivity index (χ1n) is 8.55. The molecular formula is C15H36N2O3Si. The summed E-state index contributed by atoms with van der Waals surface area (Å²) in [7, 11) is -2.63. The zero-order valence-corrected chi connectivity index (χ0v) is 15.5. The molecule has 21 heavy (non-hydrogen) atoms. The Kier molecular flexibility index (Phi) is 13.7. The van der Waals surface area contributed by atoms with Gasteiger partial charge in [-0.25, -0.2) is 0 Å². The van der Waals surface area contributed by atoms with E-state index in [-0.39, 0.29) is 5.67 Å². The van der Waals surface area contributed by atoms with Crippen molar-refractivity contribution in [3.8, 4) is 0 Å². The van der Waals surface area contributed by atoms with Gasteiger partial charge < -0.3 is 24.3 Å². The van der Waals surface area contributed by atoms with Gasteiger partial charge in [0.15, 0.2) is 0 Å². The molecule has 0 bridgehead atoms. The maximum Gasteiger partial charge on any atom is 0.518 e. The van der Waals surface area contributed by atoms with Crippen molar-refractivity contribution in [2.45, 2.75) is 65.5 Å². The Morgan fingerprint density at radius 1 is 0.857 bits per heavy atom. The molecular weight excluding hydrogens is 284 g/mol. The summed E-state index contributed by atoms with van der Waals surface area (Å²) in [6, 6.07) is 0. The fraction of sp³-hybridized carbons (Fsp3) is 1.00. The van der Waals surface area contributed by atoms with Crippen LogP contribution in [0.15, 0.2) is 0 Å². The van der Waals surface area contributed by atoms with Crippen LogP contribution in [-0.4, -0.2) is 47.4 Å². The predicted molar refractivity (Wildman–Crippen MR) is 90.2 cm³/mol. The summed E-state index contributed by atoms with van der Waals surface area (Å²) in [6.07, 6.45) is 5.65. The first-order valence-corrected chi connectivity index (χ1v) is 10.4. The zero-order valence-electron chi connectivity index (χ0n) is 14.5. The van der Waals surface area contributed by atoms with E-state index >= 15 is 0 Å². The second kappa shape index (κ2) is 13.7. The molecule has 0 saturated carbocycles. The first kappa shape index (κ1) is 21.0. The molecule has 0 amide bonds. The van der Waals surface area contributed by atoms with Crippen molar-refractivity contribution in [3.63, 3.8) is 0 Å². The lowest BCUT2D eigenvalue weighted by Crippen LogP contribution is -2.62. The normalized spacial score (nSPS) is 13.6. The maximum absolute atomic E-state index is 5.97. The largest absolute Gasteiger partial charge is 0.518 e. The number of unbranched alkanes of at least 4 members (excludes halogenated alkanes) is 3. The molecule has 0 heterocycles. The monoisotopic (exact) mass is 320 g/mol. The minimum Gasteiger partial charge on any atom is -0.373 e. The standard InChI is InChI=1S/C15H36N2O3Si/c1-5-15(17-14-12-10-9-11-13-16)21(18-6-2,19-7-3)20-8-4/h15,17H,5-14,16H2,1-4H3. The van der Waals surface area contributed by atoms with Crippen molar-refractivity contribution < 1.29 is 13.3 Å². The lowest BCUT2D eigenvalue weighted by atomic mass is 10.2. The van der Waals surface area contributed by atoms with Gasteiger partial charge in [-0.3, -0.25) is 0 Å². The Hall–Kier alpha value is 0.0169. The van der Waals surface area contributed by atoms with E-state index in [1.54, 1.807) is 0 Å². The van der Waals surface area contributed by atoms with Gasteiger partial charge in [-0.05, 0) is 53.1 Å². The van der Waals surface area contributed by atoms with Gasteiger partial charge in [0.05, 0.1) is 5.67 Å². The lowest BCUT2D eigenvalue weighted by molar-refractivity contribution is 0.0573. The van der Waals surface area contributed by atoms with Crippen LogP contribution in [0, 0.1) is 0 Å². The number of nitrogens with two attached hydrogens (primary N) is 1. The summed E-state index contributed by atoms with van der Waals surface area (Å²) in [5, 5.41) is 3.60. The van der Waals surface area contributed by atoms with Crippen LogP contribution in [0.5, 0.6) is 0 Å². The Bertz CT molecular complexity index is 216. The van der Waals surface area contributed by atoms with Gasteiger partial charge in [-0.15, -0.1) is 0 Å². The molecule has 0 aliphatic heterocycles. The van der Waals surface area contributed by atoms with Gasteiger partial charge in [0, 0.05) is 19.8 Å². The van der Waals surface area contributed by atoms with E-state index in [0.717, 1.165) is 32.4 Å². The van der Waals surface area contributed by atoms with Gasteiger partial charge in [-0.2, -0.15) is 0 Å². The summed E-state index contributed by atoms with van der Waals surface area (Å²) < 4.78 is 17.9. The third-order valence-electron chi connectivity index (χ3n) is 3.39. The van der Waals surface area contributed by atoms with Crippen LogP contribution in [0.1, 0.15) is 59.8 Å². The molecule has 0 radical (unpaired) electrons. The van der Waals surface area contributed by atoms with Crippen molar-refractivity contribution >= 4 is 8.80 Å². The fourth-order valence-electron chi connectivity index (χ4n) is 2.45. The van der Waals surface area contributed by atoms with E-state index in [1.807, 2.05) is 20.8 Å². The highest BCUT2D eigenvalue weighted by molar-refractivity contribution is 6.62. The zero-order chi connectivity index (χ0) is 16.0. The molecule has 0 fully saturated rings. The first-order chi connectivity index (χ1) is 10.2. The fourth-order valence-corrected chi connectivity index (χ4v) is 5.40. The summed E-state index contributed by atoms with van der Waals surface area (Å²) in [5.74, 6) is 0. The van der Waals surface area contributed by atoms with Gasteiger partial charge in [0.2, 0.25) is 0 Å². The minimum absolute atomic E-state index is 0.173. The molecule has 6 heteroatoms. The SMILES string of the molecule is CCO[Si](OCC)(OCC)C(CC)NCCCCCCN. The average molecular weight is 321 g/mol. The van der Waals surface area contributed by atoms with Gasteiger partial charge in [-0.1, -0.05) is 19.8 Å². The number of rotatable bonds is 15. The molecule has 1 unspecified atom stereocenters. The second-order valence-corrected chi connectivity index (χ2v) is 7.79. The van der Waals surface area contributed by atoms with Crippen molar-refractivity contribution in [1.82, 2.24) is 5.32 Å². The summed E-state index contributed by atoms with van der Waals surface area (Å²) in [5.41, 5.74) is 5.68. The molecule has 0 spiro atoms. The summed E-state index contributed by atoms with van der Waals surface area (Å²) >= 11 is 0. The lowest BCUT2D eigenvalue weighted by Gasteiger charge is -2.35. The molecule has 0 aromatic heterocycles. The van der Waals surface area contributed by atoms with E-state index in [1.165, 1.54) is 12.8 Å². The van der Waals surface area contributed by atoms with E-state index in [9.17, 15) is 0 Å². The highest BCUT2D eigenvalue weighted by atomic mass is 28.4. The molecule has 0 aromatic carbocycles. The van der Waals surface area contributed by atoms with E-state index in [0.29, 0.717) is 19.8 Å². The van der Waals surface area contributed by atoms with Gasteiger partial charge >= 0.3 is 8.80 Å². The second-order valence-electron chi connectivity index (χ2n) is 5.02. The molecule has 0 aliphatic carbocycles. The molecule has 128 valence electrons. The maximum atomic E-state index is 5.97. The quantitative estimate of drug-likeness (QED) is 0.358. The van der Waals surface area contributed by atoms with Crippen molar-refractivity contribution in [2.75, 3.05) is 32.9 Å². The van der Waals surface area contributed by atoms with Crippen molar-refractivity contribution in [1.29, 1.82) is 0 Å². The Balaban J connectivity index is 4.43. The van der Waals surface area contributed by atoms with Crippen molar-refractivity contribution in [3.05, 3.63) is 0 Å².